The normalized spacial score (nSPS) is 22.7. The van der Waals surface area contributed by atoms with Crippen molar-refractivity contribution < 1.29 is 4.43 Å². The molecule has 1 nitrogen and oxygen atoms in total. The molecule has 1 atom stereocenters. The molecule has 0 amide bonds. The van der Waals surface area contributed by atoms with Gasteiger partial charge in [-0.05, 0) is 38.1 Å². The Morgan fingerprint density at radius 3 is 2.57 bits per heavy atom. The van der Waals surface area contributed by atoms with Crippen LogP contribution in [0.15, 0.2) is 24.0 Å². The van der Waals surface area contributed by atoms with E-state index in [1.807, 2.05) is 0 Å². The predicted molar refractivity (Wildman–Crippen MR) is 64.7 cm³/mol. The summed E-state index contributed by atoms with van der Waals surface area (Å²) in [7, 11) is -1.41. The molecule has 80 valence electrons. The summed E-state index contributed by atoms with van der Waals surface area (Å²) < 4.78 is 6.10. The van der Waals surface area contributed by atoms with Gasteiger partial charge in [0.15, 0.2) is 0 Å². The van der Waals surface area contributed by atoms with Gasteiger partial charge in [0.2, 0.25) is 8.32 Å². The maximum absolute atomic E-state index is 6.10. The molecule has 0 spiro atoms. The molecule has 1 aliphatic rings. The van der Waals surface area contributed by atoms with Gasteiger partial charge in [0, 0.05) is 12.3 Å². The van der Waals surface area contributed by atoms with Crippen LogP contribution in [-0.4, -0.2) is 8.32 Å². The fourth-order valence-corrected chi connectivity index (χ4v) is 3.01. The predicted octanol–water partition coefficient (Wildman–Crippen LogP) is 4.10. The summed E-state index contributed by atoms with van der Waals surface area (Å²) >= 11 is 0. The van der Waals surface area contributed by atoms with Crippen LogP contribution >= 0.6 is 0 Å². The smallest absolute Gasteiger partial charge is 0.241 e. The first-order valence-electron chi connectivity index (χ1n) is 5.51. The number of hydrogen-bond acceptors (Lipinski definition) is 1. The largest absolute Gasteiger partial charge is 0.547 e. The lowest BCUT2D eigenvalue weighted by Crippen LogP contribution is -2.24. The van der Waals surface area contributed by atoms with Gasteiger partial charge in [0.25, 0.3) is 0 Å². The van der Waals surface area contributed by atoms with Crippen LogP contribution in [0.2, 0.25) is 19.6 Å². The number of allylic oxidation sites excluding steroid dienone is 3. The second kappa shape index (κ2) is 4.35. The molecule has 0 bridgehead atoms. The minimum Gasteiger partial charge on any atom is -0.547 e. The van der Waals surface area contributed by atoms with E-state index in [0.717, 1.165) is 12.8 Å². The maximum atomic E-state index is 6.10. The third kappa shape index (κ3) is 2.74. The van der Waals surface area contributed by atoms with E-state index in [1.54, 1.807) is 0 Å². The minimum atomic E-state index is -1.41. The van der Waals surface area contributed by atoms with Crippen LogP contribution in [0.1, 0.15) is 26.2 Å². The van der Waals surface area contributed by atoms with Gasteiger partial charge in [-0.15, -0.1) is 6.58 Å². The molecule has 2 heteroatoms. The summed E-state index contributed by atoms with van der Waals surface area (Å²) in [6.07, 6.45) is 5.49. The summed E-state index contributed by atoms with van der Waals surface area (Å²) in [6.45, 7) is 12.8. The topological polar surface area (TPSA) is 9.23 Å². The molecular formula is C12H22OSi. The number of hydrogen-bond donors (Lipinski definition) is 0. The Labute approximate surface area is 89.0 Å². The highest BCUT2D eigenvalue weighted by Crippen LogP contribution is 2.36. The van der Waals surface area contributed by atoms with Gasteiger partial charge >= 0.3 is 0 Å². The monoisotopic (exact) mass is 210 g/mol. The first-order valence-corrected chi connectivity index (χ1v) is 8.92. The van der Waals surface area contributed by atoms with Crippen molar-refractivity contribution in [2.45, 2.75) is 45.8 Å². The van der Waals surface area contributed by atoms with Crippen LogP contribution in [0.4, 0.5) is 0 Å². The van der Waals surface area contributed by atoms with Gasteiger partial charge < -0.3 is 4.43 Å². The lowest BCUT2D eigenvalue weighted by atomic mass is 10.00. The Balaban J connectivity index is 2.80. The Bertz CT molecular complexity index is 248. The van der Waals surface area contributed by atoms with E-state index in [1.165, 1.54) is 17.8 Å². The molecule has 0 aliphatic heterocycles. The van der Waals surface area contributed by atoms with Crippen molar-refractivity contribution in [2.75, 3.05) is 0 Å². The Kier molecular flexibility index (Phi) is 3.59. The van der Waals surface area contributed by atoms with E-state index in [0.29, 0.717) is 5.92 Å². The fourth-order valence-electron chi connectivity index (χ4n) is 2.03. The van der Waals surface area contributed by atoms with Gasteiger partial charge in [-0.25, -0.2) is 0 Å². The summed E-state index contributed by atoms with van der Waals surface area (Å²) in [5.41, 5.74) is 1.49. The maximum Gasteiger partial charge on any atom is 0.241 e. The SMILES string of the molecule is C=CC1CCC(O[Si](C)(C)C)=C1CC. The Morgan fingerprint density at radius 1 is 1.50 bits per heavy atom. The molecule has 0 saturated heterocycles. The summed E-state index contributed by atoms with van der Waals surface area (Å²) in [5.74, 6) is 1.85. The molecule has 1 rings (SSSR count). The highest BCUT2D eigenvalue weighted by molar-refractivity contribution is 6.70. The molecule has 0 saturated carbocycles. The van der Waals surface area contributed by atoms with E-state index in [4.69, 9.17) is 4.43 Å². The van der Waals surface area contributed by atoms with Crippen LogP contribution in [-0.2, 0) is 4.43 Å². The van der Waals surface area contributed by atoms with Crippen molar-refractivity contribution in [1.29, 1.82) is 0 Å². The minimum absolute atomic E-state index is 0.575. The van der Waals surface area contributed by atoms with Crippen LogP contribution < -0.4 is 0 Å². The zero-order chi connectivity index (χ0) is 10.8. The number of rotatable bonds is 4. The van der Waals surface area contributed by atoms with Crippen molar-refractivity contribution in [1.82, 2.24) is 0 Å². The molecule has 14 heavy (non-hydrogen) atoms. The molecule has 0 heterocycles. The molecule has 0 N–H and O–H groups in total. The average Bonchev–Trinajstić information content (AvgIpc) is 2.43. The average molecular weight is 210 g/mol. The van der Waals surface area contributed by atoms with Crippen LogP contribution in [0, 0.1) is 5.92 Å². The fraction of sp³-hybridized carbons (Fsp3) is 0.667. The summed E-state index contributed by atoms with van der Waals surface area (Å²) in [4.78, 5) is 0. The Morgan fingerprint density at radius 2 is 2.14 bits per heavy atom. The van der Waals surface area contributed by atoms with Crippen molar-refractivity contribution in [3.8, 4) is 0 Å². The van der Waals surface area contributed by atoms with Crippen LogP contribution in [0.3, 0.4) is 0 Å². The Hall–Kier alpha value is -0.503. The van der Waals surface area contributed by atoms with Gasteiger partial charge in [-0.2, -0.15) is 0 Å². The first kappa shape index (κ1) is 11.6. The molecule has 0 aromatic heterocycles. The third-order valence-electron chi connectivity index (χ3n) is 2.58. The van der Waals surface area contributed by atoms with E-state index >= 15 is 0 Å². The first-order chi connectivity index (χ1) is 6.48. The van der Waals surface area contributed by atoms with Gasteiger partial charge in [-0.1, -0.05) is 13.0 Å². The molecule has 0 aromatic rings. The summed E-state index contributed by atoms with van der Waals surface area (Å²) in [5, 5.41) is 0. The van der Waals surface area contributed by atoms with Crippen molar-refractivity contribution in [3.63, 3.8) is 0 Å². The highest BCUT2D eigenvalue weighted by atomic mass is 28.4. The second-order valence-corrected chi connectivity index (χ2v) is 9.33. The molecule has 1 unspecified atom stereocenters. The molecule has 0 aromatic carbocycles. The van der Waals surface area contributed by atoms with Gasteiger partial charge in [0.1, 0.15) is 0 Å². The van der Waals surface area contributed by atoms with Crippen molar-refractivity contribution >= 4 is 8.32 Å². The lowest BCUT2D eigenvalue weighted by molar-refractivity contribution is 0.403. The third-order valence-corrected chi connectivity index (χ3v) is 3.44. The van der Waals surface area contributed by atoms with E-state index in [9.17, 15) is 0 Å². The van der Waals surface area contributed by atoms with Crippen molar-refractivity contribution in [3.05, 3.63) is 24.0 Å². The molecule has 1 aliphatic carbocycles. The van der Waals surface area contributed by atoms with Crippen LogP contribution in [0.25, 0.3) is 0 Å². The molecule has 0 fully saturated rings. The zero-order valence-corrected chi connectivity index (χ0v) is 10.9. The zero-order valence-electron chi connectivity index (χ0n) is 9.89. The molecule has 0 radical (unpaired) electrons. The van der Waals surface area contributed by atoms with E-state index in [-0.39, 0.29) is 0 Å². The van der Waals surface area contributed by atoms with Crippen molar-refractivity contribution in [2.24, 2.45) is 5.92 Å². The van der Waals surface area contributed by atoms with Crippen LogP contribution in [0.5, 0.6) is 0 Å². The molecular weight excluding hydrogens is 188 g/mol. The standard InChI is InChI=1S/C12H22OSi/c1-6-10-8-9-12(11(10)7-2)13-14(3,4)5/h6,10H,1,7-9H2,2-5H3. The lowest BCUT2D eigenvalue weighted by Gasteiger charge is -2.21. The quantitative estimate of drug-likeness (QED) is 0.501. The van der Waals surface area contributed by atoms with E-state index < -0.39 is 8.32 Å². The van der Waals surface area contributed by atoms with E-state index in [2.05, 4.69) is 39.2 Å². The second-order valence-electron chi connectivity index (χ2n) is 4.90. The van der Waals surface area contributed by atoms with Gasteiger partial charge in [0.05, 0.1) is 5.76 Å². The van der Waals surface area contributed by atoms with Gasteiger partial charge in [-0.3, -0.25) is 0 Å². The summed E-state index contributed by atoms with van der Waals surface area (Å²) in [6, 6.07) is 0. The highest BCUT2D eigenvalue weighted by Gasteiger charge is 2.26.